The van der Waals surface area contributed by atoms with Gasteiger partial charge in [0.05, 0.1) is 44.7 Å². The molecule has 0 saturated heterocycles. The van der Waals surface area contributed by atoms with E-state index in [4.69, 9.17) is 9.97 Å². The summed E-state index contributed by atoms with van der Waals surface area (Å²) in [6.45, 7) is 0. The number of aromatic nitrogens is 4. The van der Waals surface area contributed by atoms with Crippen molar-refractivity contribution in [1.29, 1.82) is 0 Å². The van der Waals surface area contributed by atoms with Gasteiger partial charge in [0.2, 0.25) is 0 Å². The van der Waals surface area contributed by atoms with Crippen LogP contribution in [0.1, 0.15) is 0 Å². The summed E-state index contributed by atoms with van der Waals surface area (Å²) in [7, 11) is 0. The predicted octanol–water partition coefficient (Wildman–Crippen LogP) is 12.3. The van der Waals surface area contributed by atoms with Crippen LogP contribution in [0, 0.1) is 0 Å². The fourth-order valence-corrected chi connectivity index (χ4v) is 8.27. The van der Waals surface area contributed by atoms with E-state index in [1.807, 2.05) is 12.1 Å². The zero-order valence-corrected chi connectivity index (χ0v) is 28.1. The van der Waals surface area contributed by atoms with Gasteiger partial charge in [-0.25, -0.2) is 9.97 Å². The minimum Gasteiger partial charge on any atom is -0.309 e. The fraction of sp³-hybridized carbons (Fsp3) is 0. The summed E-state index contributed by atoms with van der Waals surface area (Å²) in [5.41, 5.74) is 12.3. The lowest BCUT2D eigenvalue weighted by atomic mass is 10.0. The first-order valence-corrected chi connectivity index (χ1v) is 17.7. The average Bonchev–Trinajstić information content (AvgIpc) is 3.74. The van der Waals surface area contributed by atoms with Crippen LogP contribution >= 0.6 is 0 Å². The Bertz CT molecular complexity index is 3160. The van der Waals surface area contributed by atoms with Gasteiger partial charge in [0, 0.05) is 38.4 Å². The van der Waals surface area contributed by atoms with E-state index in [-0.39, 0.29) is 0 Å². The first-order valence-electron chi connectivity index (χ1n) is 17.7. The van der Waals surface area contributed by atoms with Gasteiger partial charge in [-0.15, -0.1) is 0 Å². The second-order valence-electron chi connectivity index (χ2n) is 13.4. The summed E-state index contributed by atoms with van der Waals surface area (Å²) in [6.07, 6.45) is 0. The molecule has 8 aromatic carbocycles. The predicted molar refractivity (Wildman–Crippen MR) is 217 cm³/mol. The molecule has 0 unspecified atom stereocenters. The van der Waals surface area contributed by atoms with E-state index < -0.39 is 0 Å². The van der Waals surface area contributed by atoms with Crippen molar-refractivity contribution < 1.29 is 0 Å². The molecule has 0 spiro atoms. The molecule has 11 rings (SSSR count). The van der Waals surface area contributed by atoms with Crippen molar-refractivity contribution in [1.82, 2.24) is 19.1 Å². The van der Waals surface area contributed by atoms with Crippen molar-refractivity contribution in [3.05, 3.63) is 182 Å². The van der Waals surface area contributed by atoms with Gasteiger partial charge in [0.15, 0.2) is 0 Å². The largest absolute Gasteiger partial charge is 0.309 e. The molecule has 0 aliphatic rings. The number of benzene rings is 8. The highest BCUT2D eigenvalue weighted by Gasteiger charge is 2.23. The Morgan fingerprint density at radius 1 is 0.365 bits per heavy atom. The molecule has 0 aliphatic carbocycles. The third-order valence-corrected chi connectivity index (χ3v) is 10.5. The molecular weight excluding hydrogens is 633 g/mol. The highest BCUT2D eigenvalue weighted by atomic mass is 15.0. The molecule has 0 N–H and O–H groups in total. The molecule has 0 saturated carbocycles. The third-order valence-electron chi connectivity index (χ3n) is 10.5. The summed E-state index contributed by atoms with van der Waals surface area (Å²) in [6, 6.07) is 64.6. The van der Waals surface area contributed by atoms with Gasteiger partial charge in [-0.2, -0.15) is 0 Å². The van der Waals surface area contributed by atoms with Crippen LogP contribution in [0.2, 0.25) is 0 Å². The average molecular weight is 663 g/mol. The lowest BCUT2D eigenvalue weighted by molar-refractivity contribution is 1.17. The molecule has 0 amide bonds. The Hall–Kier alpha value is -7.04. The van der Waals surface area contributed by atoms with Crippen molar-refractivity contribution in [2.45, 2.75) is 0 Å². The van der Waals surface area contributed by atoms with Crippen LogP contribution in [0.4, 0.5) is 0 Å². The van der Waals surface area contributed by atoms with Crippen LogP contribution in [-0.4, -0.2) is 19.1 Å². The Morgan fingerprint density at radius 3 is 1.75 bits per heavy atom. The van der Waals surface area contributed by atoms with E-state index in [1.165, 1.54) is 43.4 Å². The quantitative estimate of drug-likeness (QED) is 0.188. The van der Waals surface area contributed by atoms with Gasteiger partial charge in [-0.3, -0.25) is 0 Å². The topological polar surface area (TPSA) is 35.6 Å². The second-order valence-corrected chi connectivity index (χ2v) is 13.4. The van der Waals surface area contributed by atoms with E-state index in [0.717, 1.165) is 56.0 Å². The maximum Gasteiger partial charge on any atom is 0.113 e. The smallest absolute Gasteiger partial charge is 0.113 e. The zero-order chi connectivity index (χ0) is 34.2. The first-order chi connectivity index (χ1) is 25.8. The maximum absolute atomic E-state index is 5.50. The van der Waals surface area contributed by atoms with Crippen LogP contribution in [-0.2, 0) is 0 Å². The molecule has 52 heavy (non-hydrogen) atoms. The molecule has 4 nitrogen and oxygen atoms in total. The van der Waals surface area contributed by atoms with E-state index in [2.05, 4.69) is 179 Å². The lowest BCUT2D eigenvalue weighted by Gasteiger charge is -2.15. The maximum atomic E-state index is 5.50. The minimum atomic E-state index is 0.855. The Morgan fingerprint density at radius 2 is 0.981 bits per heavy atom. The molecule has 3 heterocycles. The molecule has 0 bridgehead atoms. The van der Waals surface area contributed by atoms with Gasteiger partial charge in [-0.05, 0) is 53.2 Å². The standard InChI is InChI=1S/C48H30N4/c1-4-16-32(17-5-1)45-46(33-18-6-2-7-19-33)50-47-38(49-45)24-14-26-42(47)52-39-25-13-12-23-36(39)44-41(52)30-28-37-43-35-22-11-10-15-31(35)27-29-40(43)51(48(37)44)34-20-8-3-9-21-34/h1-30H. The normalized spacial score (nSPS) is 11.8. The minimum absolute atomic E-state index is 0.855. The molecule has 4 heteroatoms. The summed E-state index contributed by atoms with van der Waals surface area (Å²) in [5, 5.41) is 7.42. The summed E-state index contributed by atoms with van der Waals surface area (Å²) >= 11 is 0. The van der Waals surface area contributed by atoms with Crippen molar-refractivity contribution >= 4 is 65.4 Å². The van der Waals surface area contributed by atoms with Crippen molar-refractivity contribution in [2.24, 2.45) is 0 Å². The molecule has 242 valence electrons. The number of hydrogen-bond donors (Lipinski definition) is 0. The molecule has 3 aromatic heterocycles. The highest BCUT2D eigenvalue weighted by molar-refractivity contribution is 6.30. The second kappa shape index (κ2) is 11.2. The Kier molecular flexibility index (Phi) is 6.22. The van der Waals surface area contributed by atoms with E-state index in [1.54, 1.807) is 0 Å². The van der Waals surface area contributed by atoms with Gasteiger partial charge >= 0.3 is 0 Å². The molecule has 0 fully saturated rings. The van der Waals surface area contributed by atoms with Gasteiger partial charge < -0.3 is 9.13 Å². The van der Waals surface area contributed by atoms with Crippen molar-refractivity contribution in [3.8, 4) is 33.9 Å². The van der Waals surface area contributed by atoms with E-state index in [0.29, 0.717) is 0 Å². The first kappa shape index (κ1) is 28.8. The monoisotopic (exact) mass is 662 g/mol. The lowest BCUT2D eigenvalue weighted by Crippen LogP contribution is -2.01. The number of fused-ring (bicyclic) bond motifs is 10. The van der Waals surface area contributed by atoms with Gasteiger partial charge in [0.25, 0.3) is 0 Å². The van der Waals surface area contributed by atoms with Crippen molar-refractivity contribution in [2.75, 3.05) is 0 Å². The number of rotatable bonds is 4. The summed E-state index contributed by atoms with van der Waals surface area (Å²) in [5.74, 6) is 0. The molecule has 0 radical (unpaired) electrons. The molecule has 0 aliphatic heterocycles. The van der Waals surface area contributed by atoms with Crippen LogP contribution in [0.25, 0.3) is 99.3 Å². The van der Waals surface area contributed by atoms with Crippen LogP contribution in [0.5, 0.6) is 0 Å². The summed E-state index contributed by atoms with van der Waals surface area (Å²) in [4.78, 5) is 10.8. The third kappa shape index (κ3) is 4.15. The Labute approximate surface area is 299 Å². The number of hydrogen-bond acceptors (Lipinski definition) is 2. The number of para-hydroxylation sites is 3. The zero-order valence-electron chi connectivity index (χ0n) is 28.1. The highest BCUT2D eigenvalue weighted by Crippen LogP contribution is 2.44. The molecule has 0 atom stereocenters. The van der Waals surface area contributed by atoms with Crippen molar-refractivity contribution in [3.63, 3.8) is 0 Å². The SMILES string of the molecule is c1ccc(-c2nc3cccc(-n4c5ccccc5c5c4ccc4c6c7ccccc7ccc6n(-c6ccccc6)c45)c3nc2-c2ccccc2)cc1. The fourth-order valence-electron chi connectivity index (χ4n) is 8.27. The van der Waals surface area contributed by atoms with Gasteiger partial charge in [0.1, 0.15) is 5.52 Å². The summed E-state index contributed by atoms with van der Waals surface area (Å²) < 4.78 is 4.85. The van der Waals surface area contributed by atoms with Crippen LogP contribution in [0.3, 0.4) is 0 Å². The van der Waals surface area contributed by atoms with Crippen LogP contribution in [0.15, 0.2) is 182 Å². The van der Waals surface area contributed by atoms with E-state index in [9.17, 15) is 0 Å². The molecular formula is C48H30N4. The Balaban J connectivity index is 1.29. The van der Waals surface area contributed by atoms with E-state index >= 15 is 0 Å². The number of nitrogens with zero attached hydrogens (tertiary/aromatic N) is 4. The van der Waals surface area contributed by atoms with Gasteiger partial charge in [-0.1, -0.05) is 140 Å². The van der Waals surface area contributed by atoms with Crippen LogP contribution < -0.4 is 0 Å². The molecule has 11 aromatic rings.